The van der Waals surface area contributed by atoms with Crippen LogP contribution in [0.2, 0.25) is 0 Å². The Morgan fingerprint density at radius 2 is 2.00 bits per heavy atom. The number of piperidine rings is 1. The lowest BCUT2D eigenvalue weighted by Gasteiger charge is -2.33. The van der Waals surface area contributed by atoms with Crippen LogP contribution in [0.5, 0.6) is 0 Å². The van der Waals surface area contributed by atoms with Crippen molar-refractivity contribution in [2.75, 3.05) is 38.0 Å². The SMILES string of the molecule is O=C(CCN1CC(O)C(N2CCCCC2)C1)Nc1nnc(C2CC2)s1. The fourth-order valence-corrected chi connectivity index (χ4v) is 4.79. The third-order valence-electron chi connectivity index (χ3n) is 5.46. The summed E-state index contributed by atoms with van der Waals surface area (Å²) < 4.78 is 0. The van der Waals surface area contributed by atoms with Gasteiger partial charge in [0.15, 0.2) is 0 Å². The minimum Gasteiger partial charge on any atom is -0.390 e. The molecular formula is C17H27N5O2S. The third-order valence-corrected chi connectivity index (χ3v) is 6.46. The number of aliphatic hydroxyl groups is 1. The number of nitrogens with one attached hydrogen (secondary N) is 1. The molecule has 1 amide bonds. The van der Waals surface area contributed by atoms with Crippen LogP contribution in [-0.2, 0) is 4.79 Å². The average Bonchev–Trinajstić information content (AvgIpc) is 3.26. The Hall–Kier alpha value is -1.09. The molecule has 1 aromatic heterocycles. The summed E-state index contributed by atoms with van der Waals surface area (Å²) >= 11 is 1.50. The van der Waals surface area contributed by atoms with Gasteiger partial charge in [-0.2, -0.15) is 0 Å². The van der Waals surface area contributed by atoms with E-state index >= 15 is 0 Å². The number of carbonyl (C=O) groups is 1. The first kappa shape index (κ1) is 17.3. The second-order valence-corrected chi connectivity index (χ2v) is 8.52. The van der Waals surface area contributed by atoms with Gasteiger partial charge in [0, 0.05) is 38.0 Å². The molecule has 3 fully saturated rings. The summed E-state index contributed by atoms with van der Waals surface area (Å²) in [6, 6.07) is 0.229. The molecule has 8 heteroatoms. The maximum atomic E-state index is 12.2. The number of aliphatic hydroxyl groups excluding tert-OH is 1. The van der Waals surface area contributed by atoms with E-state index in [0.717, 1.165) is 24.6 Å². The standard InChI is InChI=1S/C17H27N5O2S/c23-14-11-21(10-13(14)22-7-2-1-3-8-22)9-6-15(24)18-17-20-19-16(25-17)12-4-5-12/h12-14,23H,1-11H2,(H,18,20,24). The lowest BCUT2D eigenvalue weighted by molar-refractivity contribution is -0.116. The number of likely N-dealkylation sites (tertiary alicyclic amines) is 2. The van der Waals surface area contributed by atoms with Gasteiger partial charge in [0.1, 0.15) is 5.01 Å². The second kappa shape index (κ2) is 7.65. The summed E-state index contributed by atoms with van der Waals surface area (Å²) in [6.45, 7) is 4.40. The molecule has 4 rings (SSSR count). The van der Waals surface area contributed by atoms with Gasteiger partial charge in [-0.15, -0.1) is 10.2 Å². The van der Waals surface area contributed by atoms with Crippen LogP contribution in [0.1, 0.15) is 49.5 Å². The van der Waals surface area contributed by atoms with Gasteiger partial charge in [0.25, 0.3) is 0 Å². The van der Waals surface area contributed by atoms with E-state index in [9.17, 15) is 9.90 Å². The molecule has 1 saturated carbocycles. The van der Waals surface area contributed by atoms with E-state index in [-0.39, 0.29) is 18.1 Å². The van der Waals surface area contributed by atoms with E-state index in [1.54, 1.807) is 0 Å². The Balaban J connectivity index is 1.21. The topological polar surface area (TPSA) is 81.6 Å². The van der Waals surface area contributed by atoms with E-state index in [1.807, 2.05) is 0 Å². The Morgan fingerprint density at radius 3 is 2.76 bits per heavy atom. The summed E-state index contributed by atoms with van der Waals surface area (Å²) in [4.78, 5) is 16.8. The molecule has 2 saturated heterocycles. The van der Waals surface area contributed by atoms with Crippen LogP contribution in [0.4, 0.5) is 5.13 Å². The summed E-state index contributed by atoms with van der Waals surface area (Å²) in [5.41, 5.74) is 0. The molecule has 0 bridgehead atoms. The van der Waals surface area contributed by atoms with Gasteiger partial charge < -0.3 is 10.4 Å². The van der Waals surface area contributed by atoms with Crippen LogP contribution in [0, 0.1) is 0 Å². The molecule has 2 aliphatic heterocycles. The number of anilines is 1. The first-order chi connectivity index (χ1) is 12.2. The highest BCUT2D eigenvalue weighted by Gasteiger charge is 2.35. The van der Waals surface area contributed by atoms with E-state index in [2.05, 4.69) is 25.3 Å². The molecule has 1 aliphatic carbocycles. The molecule has 0 aromatic carbocycles. The smallest absolute Gasteiger partial charge is 0.227 e. The van der Waals surface area contributed by atoms with Gasteiger partial charge in [0.05, 0.1) is 6.10 Å². The Labute approximate surface area is 152 Å². The molecule has 1 aromatic rings. The number of β-amino-alcohol motifs (C(OH)–C–C–N with tert-alkyl or cyclic N) is 1. The fourth-order valence-electron chi connectivity index (χ4n) is 3.86. The molecule has 2 N–H and O–H groups in total. The van der Waals surface area contributed by atoms with Crippen molar-refractivity contribution in [2.24, 2.45) is 0 Å². The summed E-state index contributed by atoms with van der Waals surface area (Å²) in [5.74, 6) is 0.551. The Bertz CT molecular complexity index is 600. The number of aromatic nitrogens is 2. The monoisotopic (exact) mass is 365 g/mol. The van der Waals surface area contributed by atoms with Crippen molar-refractivity contribution in [3.63, 3.8) is 0 Å². The van der Waals surface area contributed by atoms with Crippen molar-refractivity contribution in [1.29, 1.82) is 0 Å². The second-order valence-electron chi connectivity index (χ2n) is 7.51. The molecule has 0 radical (unpaired) electrons. The predicted molar refractivity (Wildman–Crippen MR) is 96.8 cm³/mol. The predicted octanol–water partition coefficient (Wildman–Crippen LogP) is 1.28. The third kappa shape index (κ3) is 4.36. The molecule has 25 heavy (non-hydrogen) atoms. The molecule has 2 atom stereocenters. The molecule has 7 nitrogen and oxygen atoms in total. The summed E-state index contributed by atoms with van der Waals surface area (Å²) in [6.07, 6.45) is 6.28. The lowest BCUT2D eigenvalue weighted by Crippen LogP contribution is -2.45. The quantitative estimate of drug-likeness (QED) is 0.790. The zero-order valence-corrected chi connectivity index (χ0v) is 15.4. The van der Waals surface area contributed by atoms with Gasteiger partial charge in [-0.25, -0.2) is 0 Å². The number of amides is 1. The van der Waals surface area contributed by atoms with Crippen molar-refractivity contribution in [2.45, 2.75) is 56.6 Å². The van der Waals surface area contributed by atoms with Crippen molar-refractivity contribution in [3.05, 3.63) is 5.01 Å². The van der Waals surface area contributed by atoms with E-state index in [0.29, 0.717) is 30.6 Å². The van der Waals surface area contributed by atoms with Gasteiger partial charge in [-0.1, -0.05) is 17.8 Å². The van der Waals surface area contributed by atoms with Crippen molar-refractivity contribution in [3.8, 4) is 0 Å². The zero-order valence-electron chi connectivity index (χ0n) is 14.6. The van der Waals surface area contributed by atoms with E-state index < -0.39 is 0 Å². The van der Waals surface area contributed by atoms with Crippen LogP contribution in [0.3, 0.4) is 0 Å². The largest absolute Gasteiger partial charge is 0.390 e. The molecule has 0 spiro atoms. The van der Waals surface area contributed by atoms with Gasteiger partial charge in [-0.05, 0) is 38.8 Å². The number of hydrogen-bond acceptors (Lipinski definition) is 7. The van der Waals surface area contributed by atoms with E-state index in [1.165, 1.54) is 43.4 Å². The Kier molecular flexibility index (Phi) is 5.30. The molecule has 3 aliphatic rings. The highest BCUT2D eigenvalue weighted by Crippen LogP contribution is 2.42. The number of hydrogen-bond donors (Lipinski definition) is 2. The fraction of sp³-hybridized carbons (Fsp3) is 0.824. The van der Waals surface area contributed by atoms with Crippen LogP contribution in [-0.4, -0.2) is 75.9 Å². The highest BCUT2D eigenvalue weighted by molar-refractivity contribution is 7.15. The van der Waals surface area contributed by atoms with Crippen LogP contribution in [0.15, 0.2) is 0 Å². The number of carbonyl (C=O) groups excluding carboxylic acids is 1. The lowest BCUT2D eigenvalue weighted by atomic mass is 10.1. The van der Waals surface area contributed by atoms with Gasteiger partial charge in [0.2, 0.25) is 11.0 Å². The zero-order chi connectivity index (χ0) is 17.2. The van der Waals surface area contributed by atoms with Crippen molar-refractivity contribution < 1.29 is 9.90 Å². The highest BCUT2D eigenvalue weighted by atomic mass is 32.1. The average molecular weight is 366 g/mol. The maximum Gasteiger partial charge on any atom is 0.227 e. The van der Waals surface area contributed by atoms with Gasteiger partial charge >= 0.3 is 0 Å². The normalized spacial score (nSPS) is 28.4. The van der Waals surface area contributed by atoms with Gasteiger partial charge in [-0.3, -0.25) is 14.6 Å². The number of rotatable bonds is 6. The van der Waals surface area contributed by atoms with Crippen LogP contribution in [0.25, 0.3) is 0 Å². The van der Waals surface area contributed by atoms with Crippen LogP contribution < -0.4 is 5.32 Å². The first-order valence-electron chi connectivity index (χ1n) is 9.47. The molecule has 2 unspecified atom stereocenters. The Morgan fingerprint density at radius 1 is 1.20 bits per heavy atom. The maximum absolute atomic E-state index is 12.2. The van der Waals surface area contributed by atoms with Crippen LogP contribution >= 0.6 is 11.3 Å². The van der Waals surface area contributed by atoms with Crippen molar-refractivity contribution in [1.82, 2.24) is 20.0 Å². The minimum atomic E-state index is -0.301. The first-order valence-corrected chi connectivity index (χ1v) is 10.3. The molecular weight excluding hydrogens is 338 g/mol. The minimum absolute atomic E-state index is 0.0191. The number of nitrogens with zero attached hydrogens (tertiary/aromatic N) is 4. The summed E-state index contributed by atoms with van der Waals surface area (Å²) in [5, 5.41) is 23.1. The molecule has 3 heterocycles. The molecule has 138 valence electrons. The summed E-state index contributed by atoms with van der Waals surface area (Å²) in [7, 11) is 0. The van der Waals surface area contributed by atoms with E-state index in [4.69, 9.17) is 0 Å². The van der Waals surface area contributed by atoms with Crippen molar-refractivity contribution >= 4 is 22.4 Å².